The summed E-state index contributed by atoms with van der Waals surface area (Å²) in [6.45, 7) is 10.1. The van der Waals surface area contributed by atoms with Crippen molar-refractivity contribution in [1.29, 1.82) is 0 Å². The molecule has 1 N–H and O–H groups in total. The number of allylic oxidation sites excluding steroid dienone is 1. The molecule has 162 valence electrons. The summed E-state index contributed by atoms with van der Waals surface area (Å²) in [5, 5.41) is 12.2. The van der Waals surface area contributed by atoms with E-state index in [2.05, 4.69) is 22.1 Å². The molecule has 2 aromatic heterocycles. The summed E-state index contributed by atoms with van der Waals surface area (Å²) in [5.41, 5.74) is 2.17. The molecule has 31 heavy (non-hydrogen) atoms. The van der Waals surface area contributed by atoms with E-state index in [1.807, 2.05) is 48.7 Å². The lowest BCUT2D eigenvalue weighted by atomic mass is 10.1. The van der Waals surface area contributed by atoms with Gasteiger partial charge in [0.2, 0.25) is 5.91 Å². The number of carbonyl (C=O) groups excluding carboxylic acids is 2. The minimum absolute atomic E-state index is 0.134. The summed E-state index contributed by atoms with van der Waals surface area (Å²) < 4.78 is 7.12. The smallest absolute Gasteiger partial charge is 0.341 e. The van der Waals surface area contributed by atoms with Crippen LogP contribution in [0.15, 0.2) is 48.1 Å². The predicted octanol–water partition coefficient (Wildman–Crippen LogP) is 4.72. The molecule has 1 amide bonds. The number of nitrogens with one attached hydrogen (secondary N) is 1. The average Bonchev–Trinajstić information content (AvgIpc) is 3.27. The van der Waals surface area contributed by atoms with Crippen LogP contribution in [0.25, 0.3) is 10.4 Å². The van der Waals surface area contributed by atoms with Crippen molar-refractivity contribution in [3.8, 4) is 10.4 Å². The highest BCUT2D eigenvalue weighted by molar-refractivity contribution is 7.99. The van der Waals surface area contributed by atoms with E-state index < -0.39 is 5.97 Å². The van der Waals surface area contributed by atoms with Crippen molar-refractivity contribution in [1.82, 2.24) is 14.8 Å². The van der Waals surface area contributed by atoms with E-state index in [0.717, 1.165) is 21.8 Å². The van der Waals surface area contributed by atoms with E-state index in [1.165, 1.54) is 23.1 Å². The summed E-state index contributed by atoms with van der Waals surface area (Å²) in [6.07, 6.45) is 1.76. The maximum atomic E-state index is 12.7. The number of aromatic nitrogens is 3. The van der Waals surface area contributed by atoms with Gasteiger partial charge in [0.05, 0.1) is 17.9 Å². The number of amides is 1. The molecular weight excluding hydrogens is 432 g/mol. The number of benzene rings is 1. The van der Waals surface area contributed by atoms with Crippen molar-refractivity contribution in [2.24, 2.45) is 0 Å². The number of ether oxygens (including phenoxy) is 1. The number of nitrogens with zero attached hydrogens (tertiary/aromatic N) is 3. The van der Waals surface area contributed by atoms with E-state index >= 15 is 0 Å². The third-order valence-corrected chi connectivity index (χ3v) is 6.68. The fourth-order valence-corrected chi connectivity index (χ4v) is 5.03. The maximum Gasteiger partial charge on any atom is 0.341 e. The fraction of sp³-hybridized carbons (Fsp3) is 0.273. The molecule has 0 atom stereocenters. The Morgan fingerprint density at radius 1 is 1.26 bits per heavy atom. The number of anilines is 1. The van der Waals surface area contributed by atoms with Gasteiger partial charge < -0.3 is 14.6 Å². The molecule has 0 unspecified atom stereocenters. The SMILES string of the molecule is C=CCn1c(C)nnc1SCC(=O)Nc1sc(-c2ccccc2)c(C)c1C(=O)OCC. The average molecular weight is 457 g/mol. The van der Waals surface area contributed by atoms with Gasteiger partial charge in [0.15, 0.2) is 5.16 Å². The van der Waals surface area contributed by atoms with Gasteiger partial charge >= 0.3 is 5.97 Å². The Morgan fingerprint density at radius 2 is 2.00 bits per heavy atom. The van der Waals surface area contributed by atoms with Gasteiger partial charge in [0.1, 0.15) is 10.8 Å². The highest BCUT2D eigenvalue weighted by atomic mass is 32.2. The van der Waals surface area contributed by atoms with Crippen LogP contribution in [0.2, 0.25) is 0 Å². The normalized spacial score (nSPS) is 10.7. The first-order valence-corrected chi connectivity index (χ1v) is 11.6. The minimum atomic E-state index is -0.442. The summed E-state index contributed by atoms with van der Waals surface area (Å²) in [5.74, 6) is 0.216. The van der Waals surface area contributed by atoms with Crippen LogP contribution in [-0.2, 0) is 16.1 Å². The van der Waals surface area contributed by atoms with Crippen LogP contribution >= 0.6 is 23.1 Å². The number of esters is 1. The number of aryl methyl sites for hydroxylation is 1. The second-order valence-electron chi connectivity index (χ2n) is 6.61. The zero-order chi connectivity index (χ0) is 22.4. The van der Waals surface area contributed by atoms with Crippen LogP contribution in [-0.4, -0.2) is 39.0 Å². The quantitative estimate of drug-likeness (QED) is 0.285. The molecule has 3 aromatic rings. The van der Waals surface area contributed by atoms with Crippen LogP contribution in [0.5, 0.6) is 0 Å². The van der Waals surface area contributed by atoms with Crippen molar-refractivity contribution >= 4 is 40.0 Å². The standard InChI is InChI=1S/C22H24N4O3S2/c1-5-12-26-15(4)24-25-22(26)30-13-17(27)23-20-18(21(28)29-6-2)14(3)19(31-20)16-10-8-7-9-11-16/h5,7-11H,1,6,12-13H2,2-4H3,(H,23,27). The van der Waals surface area contributed by atoms with E-state index in [4.69, 9.17) is 4.74 Å². The number of thioether (sulfide) groups is 1. The van der Waals surface area contributed by atoms with Crippen molar-refractivity contribution in [3.63, 3.8) is 0 Å². The Bertz CT molecular complexity index is 1090. The lowest BCUT2D eigenvalue weighted by molar-refractivity contribution is -0.113. The Labute approximate surface area is 189 Å². The highest BCUT2D eigenvalue weighted by Crippen LogP contribution is 2.40. The summed E-state index contributed by atoms with van der Waals surface area (Å²) >= 11 is 2.66. The second kappa shape index (κ2) is 10.4. The van der Waals surface area contributed by atoms with Gasteiger partial charge in [-0.05, 0) is 31.9 Å². The lowest BCUT2D eigenvalue weighted by Crippen LogP contribution is -2.17. The number of hydrogen-bond donors (Lipinski definition) is 1. The molecule has 1 aromatic carbocycles. The van der Waals surface area contributed by atoms with Crippen molar-refractivity contribution in [2.45, 2.75) is 32.5 Å². The molecule has 2 heterocycles. The third kappa shape index (κ3) is 5.23. The molecule has 0 aliphatic rings. The van der Waals surface area contributed by atoms with Crippen LogP contribution in [0.4, 0.5) is 5.00 Å². The number of thiophene rings is 1. The third-order valence-electron chi connectivity index (χ3n) is 4.46. The Morgan fingerprint density at radius 3 is 2.68 bits per heavy atom. The minimum Gasteiger partial charge on any atom is -0.462 e. The van der Waals surface area contributed by atoms with Gasteiger partial charge in [0, 0.05) is 11.4 Å². The Balaban J connectivity index is 1.82. The number of carbonyl (C=O) groups is 2. The molecule has 0 aliphatic carbocycles. The van der Waals surface area contributed by atoms with Crippen molar-refractivity contribution < 1.29 is 14.3 Å². The molecule has 0 saturated carbocycles. The van der Waals surface area contributed by atoms with Gasteiger partial charge in [-0.2, -0.15) is 0 Å². The molecule has 7 nitrogen and oxygen atoms in total. The van der Waals surface area contributed by atoms with Gasteiger partial charge in [-0.15, -0.1) is 28.1 Å². The molecule has 0 radical (unpaired) electrons. The van der Waals surface area contributed by atoms with Gasteiger partial charge in [-0.3, -0.25) is 4.79 Å². The fourth-order valence-electron chi connectivity index (χ4n) is 3.02. The first-order chi connectivity index (χ1) is 15.0. The monoisotopic (exact) mass is 456 g/mol. The first-order valence-electron chi connectivity index (χ1n) is 9.75. The number of rotatable bonds is 9. The molecule has 3 rings (SSSR count). The van der Waals surface area contributed by atoms with Crippen LogP contribution in [0.3, 0.4) is 0 Å². The molecule has 0 saturated heterocycles. The van der Waals surface area contributed by atoms with Crippen LogP contribution < -0.4 is 5.32 Å². The highest BCUT2D eigenvalue weighted by Gasteiger charge is 2.24. The Hall–Kier alpha value is -2.91. The van der Waals surface area contributed by atoms with Gasteiger partial charge in [0.25, 0.3) is 0 Å². The largest absolute Gasteiger partial charge is 0.462 e. The summed E-state index contributed by atoms with van der Waals surface area (Å²) in [4.78, 5) is 26.2. The molecule has 0 aliphatic heterocycles. The van der Waals surface area contributed by atoms with E-state index in [9.17, 15) is 9.59 Å². The van der Waals surface area contributed by atoms with Crippen LogP contribution in [0.1, 0.15) is 28.7 Å². The topological polar surface area (TPSA) is 86.1 Å². The van der Waals surface area contributed by atoms with Gasteiger partial charge in [-0.25, -0.2) is 4.79 Å². The zero-order valence-electron chi connectivity index (χ0n) is 17.7. The summed E-state index contributed by atoms with van der Waals surface area (Å²) in [6, 6.07) is 9.77. The Kier molecular flexibility index (Phi) is 7.64. The number of hydrogen-bond acceptors (Lipinski definition) is 7. The van der Waals surface area contributed by atoms with E-state index in [-0.39, 0.29) is 18.3 Å². The van der Waals surface area contributed by atoms with Crippen molar-refractivity contribution in [3.05, 3.63) is 59.9 Å². The first kappa shape index (κ1) is 22.8. The van der Waals surface area contributed by atoms with Crippen LogP contribution in [0, 0.1) is 13.8 Å². The predicted molar refractivity (Wildman–Crippen MR) is 125 cm³/mol. The second-order valence-corrected chi connectivity index (χ2v) is 8.58. The molecular formula is C22H24N4O3S2. The van der Waals surface area contributed by atoms with Gasteiger partial charge in [-0.1, -0.05) is 48.2 Å². The molecule has 0 bridgehead atoms. The van der Waals surface area contributed by atoms with Crippen molar-refractivity contribution in [2.75, 3.05) is 17.7 Å². The zero-order valence-corrected chi connectivity index (χ0v) is 19.3. The molecule has 9 heteroatoms. The van der Waals surface area contributed by atoms with E-state index in [1.54, 1.807) is 13.0 Å². The summed E-state index contributed by atoms with van der Waals surface area (Å²) in [7, 11) is 0. The lowest BCUT2D eigenvalue weighted by Gasteiger charge is -2.08. The maximum absolute atomic E-state index is 12.7. The molecule has 0 spiro atoms. The molecule has 0 fully saturated rings. The van der Waals surface area contributed by atoms with E-state index in [0.29, 0.717) is 22.3 Å².